The van der Waals surface area contributed by atoms with Crippen molar-refractivity contribution in [2.24, 2.45) is 0 Å². The van der Waals surface area contributed by atoms with Crippen molar-refractivity contribution in [3.63, 3.8) is 0 Å². The molecule has 1 atom stereocenters. The van der Waals surface area contributed by atoms with Crippen LogP contribution in [0.15, 0.2) is 30.3 Å². The SMILES string of the molecule is C[C@](O)(C=O)c1ccccc1. The quantitative estimate of drug-likeness (QED) is 0.641. The molecule has 0 heterocycles. The van der Waals surface area contributed by atoms with Crippen LogP contribution in [-0.2, 0) is 10.4 Å². The van der Waals surface area contributed by atoms with Crippen LogP contribution in [0, 0.1) is 0 Å². The Bertz CT molecular complexity index is 239. The molecule has 0 unspecified atom stereocenters. The van der Waals surface area contributed by atoms with E-state index < -0.39 is 5.60 Å². The molecule has 1 rings (SSSR count). The molecule has 0 radical (unpaired) electrons. The van der Waals surface area contributed by atoms with E-state index in [1.54, 1.807) is 24.3 Å². The average Bonchev–Trinajstić information content (AvgIpc) is 2.06. The molecule has 0 aliphatic rings. The number of benzene rings is 1. The minimum absolute atomic E-state index is 0.530. The van der Waals surface area contributed by atoms with E-state index >= 15 is 0 Å². The summed E-state index contributed by atoms with van der Waals surface area (Å²) in [5, 5.41) is 9.43. The standard InChI is InChI=1S/C9H10O2/c1-9(11,7-10)8-5-3-2-4-6-8/h2-7,11H,1H3/t9-/m0/s1. The maximum atomic E-state index is 10.4. The Labute approximate surface area is 65.5 Å². The first-order chi connectivity index (χ1) is 5.17. The van der Waals surface area contributed by atoms with Gasteiger partial charge < -0.3 is 5.11 Å². The smallest absolute Gasteiger partial charge is 0.155 e. The van der Waals surface area contributed by atoms with Crippen LogP contribution in [0.4, 0.5) is 0 Å². The van der Waals surface area contributed by atoms with Crippen molar-refractivity contribution in [2.75, 3.05) is 0 Å². The van der Waals surface area contributed by atoms with Gasteiger partial charge in [0, 0.05) is 0 Å². The van der Waals surface area contributed by atoms with Gasteiger partial charge in [-0.05, 0) is 12.5 Å². The van der Waals surface area contributed by atoms with Crippen molar-refractivity contribution >= 4 is 6.29 Å². The maximum absolute atomic E-state index is 10.4. The third kappa shape index (κ3) is 1.65. The predicted molar refractivity (Wildman–Crippen MR) is 42.1 cm³/mol. The van der Waals surface area contributed by atoms with E-state index in [4.69, 9.17) is 0 Å². The fraction of sp³-hybridized carbons (Fsp3) is 0.222. The second-order valence-corrected chi connectivity index (χ2v) is 2.63. The summed E-state index contributed by atoms with van der Waals surface area (Å²) in [5.41, 5.74) is -0.726. The van der Waals surface area contributed by atoms with Crippen LogP contribution in [0.5, 0.6) is 0 Å². The predicted octanol–water partition coefficient (Wildman–Crippen LogP) is 1.09. The molecule has 0 aromatic heterocycles. The second kappa shape index (κ2) is 2.84. The van der Waals surface area contributed by atoms with E-state index in [9.17, 15) is 9.90 Å². The lowest BCUT2D eigenvalue weighted by atomic mass is 9.98. The van der Waals surface area contributed by atoms with Gasteiger partial charge in [0.25, 0.3) is 0 Å². The highest BCUT2D eigenvalue weighted by atomic mass is 16.3. The van der Waals surface area contributed by atoms with Gasteiger partial charge in [-0.25, -0.2) is 0 Å². The highest BCUT2D eigenvalue weighted by molar-refractivity contribution is 5.64. The van der Waals surface area contributed by atoms with Crippen molar-refractivity contribution in [3.05, 3.63) is 35.9 Å². The zero-order valence-electron chi connectivity index (χ0n) is 6.32. The molecule has 1 N–H and O–H groups in total. The molecule has 58 valence electrons. The van der Waals surface area contributed by atoms with Gasteiger partial charge in [0.05, 0.1) is 0 Å². The van der Waals surface area contributed by atoms with E-state index in [2.05, 4.69) is 0 Å². The van der Waals surface area contributed by atoms with Crippen LogP contribution in [0.1, 0.15) is 12.5 Å². The maximum Gasteiger partial charge on any atom is 0.155 e. The third-order valence-electron chi connectivity index (χ3n) is 1.59. The van der Waals surface area contributed by atoms with Crippen molar-refractivity contribution in [1.82, 2.24) is 0 Å². The summed E-state index contributed by atoms with van der Waals surface area (Å²) in [5.74, 6) is 0. The zero-order chi connectivity index (χ0) is 8.32. The number of rotatable bonds is 2. The Morgan fingerprint density at radius 1 is 1.36 bits per heavy atom. The lowest BCUT2D eigenvalue weighted by Gasteiger charge is -2.14. The number of hydrogen-bond donors (Lipinski definition) is 1. The molecule has 0 aliphatic carbocycles. The normalized spacial score (nSPS) is 15.5. The number of hydrogen-bond acceptors (Lipinski definition) is 2. The van der Waals surface area contributed by atoms with Crippen LogP contribution in [0.2, 0.25) is 0 Å². The van der Waals surface area contributed by atoms with Crippen LogP contribution in [0.25, 0.3) is 0 Å². The van der Waals surface area contributed by atoms with E-state index in [0.717, 1.165) is 0 Å². The van der Waals surface area contributed by atoms with Crippen molar-refractivity contribution in [1.29, 1.82) is 0 Å². The molecule has 1 aromatic carbocycles. The van der Waals surface area contributed by atoms with Gasteiger partial charge in [-0.2, -0.15) is 0 Å². The van der Waals surface area contributed by atoms with Gasteiger partial charge in [0.1, 0.15) is 5.60 Å². The van der Waals surface area contributed by atoms with Crippen LogP contribution in [0.3, 0.4) is 0 Å². The van der Waals surface area contributed by atoms with Gasteiger partial charge in [-0.15, -0.1) is 0 Å². The van der Waals surface area contributed by atoms with E-state index in [-0.39, 0.29) is 0 Å². The second-order valence-electron chi connectivity index (χ2n) is 2.63. The molecule has 0 spiro atoms. The van der Waals surface area contributed by atoms with Crippen LogP contribution < -0.4 is 0 Å². The Kier molecular flexibility index (Phi) is 2.06. The van der Waals surface area contributed by atoms with Crippen molar-refractivity contribution in [2.45, 2.75) is 12.5 Å². The van der Waals surface area contributed by atoms with E-state index in [0.29, 0.717) is 11.8 Å². The molecule has 0 aliphatic heterocycles. The van der Waals surface area contributed by atoms with Crippen molar-refractivity contribution < 1.29 is 9.90 Å². The fourth-order valence-corrected chi connectivity index (χ4v) is 0.844. The Morgan fingerprint density at radius 2 is 1.91 bits per heavy atom. The van der Waals surface area contributed by atoms with Gasteiger partial charge in [0.2, 0.25) is 0 Å². The summed E-state index contributed by atoms with van der Waals surface area (Å²) in [6, 6.07) is 8.84. The number of aliphatic hydroxyl groups is 1. The fourth-order valence-electron chi connectivity index (χ4n) is 0.844. The van der Waals surface area contributed by atoms with Gasteiger partial charge >= 0.3 is 0 Å². The summed E-state index contributed by atoms with van der Waals surface area (Å²) in [7, 11) is 0. The Morgan fingerprint density at radius 3 is 2.36 bits per heavy atom. The minimum Gasteiger partial charge on any atom is -0.378 e. The van der Waals surface area contributed by atoms with Gasteiger partial charge in [-0.1, -0.05) is 30.3 Å². The first kappa shape index (κ1) is 7.95. The highest BCUT2D eigenvalue weighted by Crippen LogP contribution is 2.16. The Hall–Kier alpha value is -1.15. The van der Waals surface area contributed by atoms with Gasteiger partial charge in [-0.3, -0.25) is 4.79 Å². The number of aldehydes is 1. The molecule has 0 amide bonds. The molecule has 2 heteroatoms. The summed E-state index contributed by atoms with van der Waals surface area (Å²) < 4.78 is 0. The summed E-state index contributed by atoms with van der Waals surface area (Å²) in [6.07, 6.45) is 0.530. The van der Waals surface area contributed by atoms with E-state index in [1.165, 1.54) is 6.92 Å². The highest BCUT2D eigenvalue weighted by Gasteiger charge is 2.20. The Balaban J connectivity index is 3.02. The van der Waals surface area contributed by atoms with E-state index in [1.807, 2.05) is 6.07 Å². The van der Waals surface area contributed by atoms with Crippen LogP contribution >= 0.6 is 0 Å². The topological polar surface area (TPSA) is 37.3 Å². The molecule has 0 bridgehead atoms. The average molecular weight is 150 g/mol. The van der Waals surface area contributed by atoms with Gasteiger partial charge in [0.15, 0.2) is 6.29 Å². The lowest BCUT2D eigenvalue weighted by molar-refractivity contribution is -0.123. The molecule has 0 saturated carbocycles. The molecular weight excluding hydrogens is 140 g/mol. The molecule has 0 fully saturated rings. The third-order valence-corrected chi connectivity index (χ3v) is 1.59. The molecule has 11 heavy (non-hydrogen) atoms. The van der Waals surface area contributed by atoms with Crippen molar-refractivity contribution in [3.8, 4) is 0 Å². The summed E-state index contributed by atoms with van der Waals surface area (Å²) in [6.45, 7) is 1.47. The molecular formula is C9H10O2. The lowest BCUT2D eigenvalue weighted by Crippen LogP contribution is -2.22. The number of carbonyl (C=O) groups excluding carboxylic acids is 1. The molecule has 2 nitrogen and oxygen atoms in total. The molecule has 0 saturated heterocycles. The minimum atomic E-state index is -1.35. The largest absolute Gasteiger partial charge is 0.378 e. The van der Waals surface area contributed by atoms with Crippen LogP contribution in [-0.4, -0.2) is 11.4 Å². The number of carbonyl (C=O) groups is 1. The first-order valence-electron chi connectivity index (χ1n) is 3.41. The first-order valence-corrected chi connectivity index (χ1v) is 3.41. The molecule has 1 aromatic rings. The summed E-state index contributed by atoms with van der Waals surface area (Å²) >= 11 is 0. The zero-order valence-corrected chi connectivity index (χ0v) is 6.32. The monoisotopic (exact) mass is 150 g/mol. The summed E-state index contributed by atoms with van der Waals surface area (Å²) in [4.78, 5) is 10.4.